The molecule has 1 aromatic carbocycles. The second kappa shape index (κ2) is 5.12. The summed E-state index contributed by atoms with van der Waals surface area (Å²) in [5.41, 5.74) is 1.46. The van der Waals surface area contributed by atoms with Crippen LogP contribution in [0.4, 0.5) is 4.39 Å². The fourth-order valence-corrected chi connectivity index (χ4v) is 2.28. The first kappa shape index (κ1) is 14.3. The van der Waals surface area contributed by atoms with Crippen molar-refractivity contribution in [1.82, 2.24) is 9.55 Å². The van der Waals surface area contributed by atoms with Crippen molar-refractivity contribution >= 4 is 22.6 Å². The Labute approximate surface area is 118 Å². The highest BCUT2D eigenvalue weighted by Gasteiger charge is 2.19. The predicted octanol–water partition coefficient (Wildman–Crippen LogP) is 4.91. The third-order valence-electron chi connectivity index (χ3n) is 3.20. The zero-order valence-corrected chi connectivity index (χ0v) is 12.6. The third-order valence-corrected chi connectivity index (χ3v) is 3.40. The minimum absolute atomic E-state index is 0.219. The first-order valence-electron chi connectivity index (χ1n) is 6.58. The van der Waals surface area contributed by atoms with Crippen molar-refractivity contribution < 1.29 is 4.39 Å². The van der Waals surface area contributed by atoms with E-state index in [9.17, 15) is 4.39 Å². The molecule has 0 aliphatic heterocycles. The van der Waals surface area contributed by atoms with Gasteiger partial charge in [0.15, 0.2) is 5.82 Å². The Kier molecular flexibility index (Phi) is 3.86. The lowest BCUT2D eigenvalue weighted by Gasteiger charge is -2.20. The first-order chi connectivity index (χ1) is 8.79. The van der Waals surface area contributed by atoms with Gasteiger partial charge in [-0.3, -0.25) is 0 Å². The normalized spacial score (nSPS) is 14.0. The smallest absolute Gasteiger partial charge is 0.151 e. The average Bonchev–Trinajstić information content (AvgIpc) is 2.66. The fourth-order valence-electron chi connectivity index (χ4n) is 2.12. The largest absolute Gasteiger partial charge is 0.327 e. The molecule has 1 aromatic heterocycles. The lowest BCUT2D eigenvalue weighted by molar-refractivity contribution is 0.350. The molecule has 0 saturated heterocycles. The molecular formula is C15H20ClFN2. The second-order valence-electron chi connectivity index (χ2n) is 6.16. The van der Waals surface area contributed by atoms with Gasteiger partial charge in [0.25, 0.3) is 0 Å². The van der Waals surface area contributed by atoms with Crippen LogP contribution in [-0.4, -0.2) is 9.55 Å². The Morgan fingerprint density at radius 1 is 1.37 bits per heavy atom. The van der Waals surface area contributed by atoms with Crippen LogP contribution >= 0.6 is 11.6 Å². The number of alkyl halides is 1. The number of rotatable bonds is 3. The van der Waals surface area contributed by atoms with Crippen LogP contribution in [0.25, 0.3) is 11.0 Å². The van der Waals surface area contributed by atoms with Gasteiger partial charge in [0.1, 0.15) is 11.3 Å². The zero-order chi connectivity index (χ0) is 14.2. The molecule has 19 heavy (non-hydrogen) atoms. The van der Waals surface area contributed by atoms with Gasteiger partial charge in [-0.05, 0) is 30.9 Å². The lowest BCUT2D eigenvalue weighted by Crippen LogP contribution is -2.12. The monoisotopic (exact) mass is 282 g/mol. The van der Waals surface area contributed by atoms with Gasteiger partial charge in [0, 0.05) is 6.54 Å². The van der Waals surface area contributed by atoms with Crippen molar-refractivity contribution in [2.75, 3.05) is 0 Å². The maximum absolute atomic E-state index is 13.8. The van der Waals surface area contributed by atoms with Crippen molar-refractivity contribution in [3.8, 4) is 0 Å². The van der Waals surface area contributed by atoms with E-state index in [2.05, 4.69) is 25.8 Å². The number of hydrogen-bond acceptors (Lipinski definition) is 1. The number of hydrogen-bond donors (Lipinski definition) is 0. The summed E-state index contributed by atoms with van der Waals surface area (Å²) in [5.74, 6) is 0.455. The van der Waals surface area contributed by atoms with Crippen LogP contribution in [0.3, 0.4) is 0 Å². The highest BCUT2D eigenvalue weighted by molar-refractivity contribution is 6.20. The maximum Gasteiger partial charge on any atom is 0.151 e. The van der Waals surface area contributed by atoms with Gasteiger partial charge in [-0.1, -0.05) is 26.8 Å². The number of aromatic nitrogens is 2. The number of benzene rings is 1. The Morgan fingerprint density at radius 3 is 2.63 bits per heavy atom. The molecule has 1 atom stereocenters. The van der Waals surface area contributed by atoms with Gasteiger partial charge in [-0.15, -0.1) is 11.6 Å². The second-order valence-corrected chi connectivity index (χ2v) is 6.81. The molecule has 0 fully saturated rings. The molecule has 0 amide bonds. The molecule has 0 aliphatic carbocycles. The summed E-state index contributed by atoms with van der Waals surface area (Å²) in [7, 11) is 0. The topological polar surface area (TPSA) is 17.8 Å². The quantitative estimate of drug-likeness (QED) is 0.731. The summed E-state index contributed by atoms with van der Waals surface area (Å²) < 4.78 is 15.8. The van der Waals surface area contributed by atoms with Crippen molar-refractivity contribution in [3.63, 3.8) is 0 Å². The van der Waals surface area contributed by atoms with Crippen LogP contribution in [0.2, 0.25) is 0 Å². The lowest BCUT2D eigenvalue weighted by atomic mass is 9.92. The van der Waals surface area contributed by atoms with Crippen LogP contribution < -0.4 is 0 Å². The van der Waals surface area contributed by atoms with Crippen molar-refractivity contribution in [3.05, 3.63) is 29.8 Å². The zero-order valence-electron chi connectivity index (χ0n) is 11.9. The number of nitrogens with zero attached hydrogens (tertiary/aromatic N) is 2. The van der Waals surface area contributed by atoms with Crippen LogP contribution in [-0.2, 0) is 6.54 Å². The molecule has 2 rings (SSSR count). The standard InChI is InChI=1S/C15H20ClFN2/c1-10(16)14-18-13-11(17)6-5-7-12(13)19(14)9-8-15(2,3)4/h5-7,10H,8-9H2,1-4H3. The fraction of sp³-hybridized carbons (Fsp3) is 0.533. The van der Waals surface area contributed by atoms with Crippen molar-refractivity contribution in [2.45, 2.75) is 46.0 Å². The predicted molar refractivity (Wildman–Crippen MR) is 78.0 cm³/mol. The van der Waals surface area contributed by atoms with Gasteiger partial charge in [0.05, 0.1) is 10.9 Å². The Hall–Kier alpha value is -1.09. The Balaban J connectivity index is 2.50. The molecule has 0 N–H and O–H groups in total. The maximum atomic E-state index is 13.8. The molecule has 0 bridgehead atoms. The van der Waals surface area contributed by atoms with Gasteiger partial charge >= 0.3 is 0 Å². The molecule has 0 aliphatic rings. The van der Waals surface area contributed by atoms with E-state index >= 15 is 0 Å². The molecule has 1 unspecified atom stereocenters. The first-order valence-corrected chi connectivity index (χ1v) is 7.02. The Morgan fingerprint density at radius 2 is 2.05 bits per heavy atom. The molecule has 0 spiro atoms. The van der Waals surface area contributed by atoms with E-state index in [4.69, 9.17) is 11.6 Å². The van der Waals surface area contributed by atoms with Crippen LogP contribution in [0.15, 0.2) is 18.2 Å². The van der Waals surface area contributed by atoms with Gasteiger partial charge < -0.3 is 4.57 Å². The van der Waals surface area contributed by atoms with Crippen LogP contribution in [0.5, 0.6) is 0 Å². The molecule has 4 heteroatoms. The molecule has 104 valence electrons. The minimum atomic E-state index is -0.287. The minimum Gasteiger partial charge on any atom is -0.327 e. The summed E-state index contributed by atoms with van der Waals surface area (Å²) in [6.45, 7) is 9.24. The van der Waals surface area contributed by atoms with E-state index in [1.807, 2.05) is 17.6 Å². The molecule has 0 saturated carbocycles. The molecule has 2 aromatic rings. The van der Waals surface area contributed by atoms with Crippen LogP contribution in [0, 0.1) is 11.2 Å². The molecule has 2 nitrogen and oxygen atoms in total. The van der Waals surface area contributed by atoms with Gasteiger partial charge in [-0.2, -0.15) is 0 Å². The number of aryl methyl sites for hydroxylation is 1. The van der Waals surface area contributed by atoms with Gasteiger partial charge in [-0.25, -0.2) is 9.37 Å². The van der Waals surface area contributed by atoms with E-state index in [-0.39, 0.29) is 16.6 Å². The van der Waals surface area contributed by atoms with Crippen molar-refractivity contribution in [1.29, 1.82) is 0 Å². The number of para-hydroxylation sites is 1. The molecule has 0 radical (unpaired) electrons. The number of imidazole rings is 1. The number of fused-ring (bicyclic) bond motifs is 1. The van der Waals surface area contributed by atoms with E-state index in [1.54, 1.807) is 6.07 Å². The summed E-state index contributed by atoms with van der Waals surface area (Å²) in [6.07, 6.45) is 0.992. The van der Waals surface area contributed by atoms with E-state index < -0.39 is 0 Å². The van der Waals surface area contributed by atoms with Crippen LogP contribution in [0.1, 0.15) is 45.3 Å². The highest BCUT2D eigenvalue weighted by atomic mass is 35.5. The average molecular weight is 283 g/mol. The summed E-state index contributed by atoms with van der Waals surface area (Å²) in [5, 5.41) is -0.230. The van der Waals surface area contributed by atoms with Crippen molar-refractivity contribution in [2.24, 2.45) is 5.41 Å². The molecule has 1 heterocycles. The summed E-state index contributed by atoms with van der Waals surface area (Å²) in [4.78, 5) is 4.37. The highest BCUT2D eigenvalue weighted by Crippen LogP contribution is 2.28. The summed E-state index contributed by atoms with van der Waals surface area (Å²) >= 11 is 6.18. The molecular weight excluding hydrogens is 263 g/mol. The Bertz CT molecular complexity index is 582. The summed E-state index contributed by atoms with van der Waals surface area (Å²) in [6, 6.07) is 5.05. The third kappa shape index (κ3) is 3.08. The van der Waals surface area contributed by atoms with E-state index in [0.29, 0.717) is 5.52 Å². The van der Waals surface area contributed by atoms with E-state index in [1.165, 1.54) is 6.07 Å². The van der Waals surface area contributed by atoms with E-state index in [0.717, 1.165) is 24.3 Å². The SMILES string of the molecule is CC(Cl)c1nc2c(F)cccc2n1CCC(C)(C)C. The van der Waals surface area contributed by atoms with Gasteiger partial charge in [0.2, 0.25) is 0 Å². The number of halogens is 2.